The standard InChI is InChI=1S/C22H18NO4/c1-24-17-6-5-13-14-3-4-15-19-12(9-18-22(15)27-11-26-18)7-8-23(20(14)19)10-16(13)21(17)25-2/h3-6,9-10H,7-8,11H2,1-2H3/q+1. The van der Waals surface area contributed by atoms with Crippen molar-refractivity contribution in [1.29, 1.82) is 0 Å². The highest BCUT2D eigenvalue weighted by molar-refractivity contribution is 6.17. The van der Waals surface area contributed by atoms with Gasteiger partial charge in [-0.05, 0) is 35.9 Å². The normalized spacial score (nSPS) is 14.4. The minimum absolute atomic E-state index is 0.292. The van der Waals surface area contributed by atoms with E-state index >= 15 is 0 Å². The maximum absolute atomic E-state index is 5.77. The summed E-state index contributed by atoms with van der Waals surface area (Å²) in [5.41, 5.74) is 2.56. The number of fused-ring (bicyclic) bond motifs is 4. The molecule has 0 saturated carbocycles. The van der Waals surface area contributed by atoms with Crippen molar-refractivity contribution < 1.29 is 23.5 Å². The molecule has 5 nitrogen and oxygen atoms in total. The summed E-state index contributed by atoms with van der Waals surface area (Å²) in [5.74, 6) is 3.24. The van der Waals surface area contributed by atoms with Crippen molar-refractivity contribution in [3.63, 3.8) is 0 Å². The highest BCUT2D eigenvalue weighted by atomic mass is 16.7. The van der Waals surface area contributed by atoms with Gasteiger partial charge in [0.25, 0.3) is 0 Å². The van der Waals surface area contributed by atoms with Gasteiger partial charge in [0.2, 0.25) is 12.3 Å². The number of hydrogen-bond acceptors (Lipinski definition) is 4. The van der Waals surface area contributed by atoms with Crippen LogP contribution in [0.25, 0.3) is 32.4 Å². The Balaban J connectivity index is 1.82. The molecule has 6 rings (SSSR count). The first kappa shape index (κ1) is 14.9. The summed E-state index contributed by atoms with van der Waals surface area (Å²) in [4.78, 5) is 0. The summed E-state index contributed by atoms with van der Waals surface area (Å²) in [5, 5.41) is 5.82. The molecule has 2 aliphatic heterocycles. The van der Waals surface area contributed by atoms with Crippen LogP contribution in [0.3, 0.4) is 0 Å². The third-order valence-corrected chi connectivity index (χ3v) is 5.76. The minimum atomic E-state index is 0.292. The first-order valence-corrected chi connectivity index (χ1v) is 9.05. The largest absolute Gasteiger partial charge is 0.493 e. The molecule has 0 amide bonds. The van der Waals surface area contributed by atoms with Gasteiger partial charge in [0, 0.05) is 17.2 Å². The molecule has 3 heterocycles. The van der Waals surface area contributed by atoms with Gasteiger partial charge >= 0.3 is 0 Å². The van der Waals surface area contributed by atoms with E-state index in [4.69, 9.17) is 18.9 Å². The van der Waals surface area contributed by atoms with Crippen LogP contribution in [0, 0.1) is 0 Å². The van der Waals surface area contributed by atoms with Crippen molar-refractivity contribution in [2.75, 3.05) is 21.0 Å². The predicted molar refractivity (Wildman–Crippen MR) is 102 cm³/mol. The molecule has 5 heteroatoms. The Labute approximate surface area is 155 Å². The molecule has 0 spiro atoms. The summed E-state index contributed by atoms with van der Waals surface area (Å²) in [6.45, 7) is 1.21. The number of aryl methyl sites for hydroxylation is 2. The molecule has 0 bridgehead atoms. The van der Waals surface area contributed by atoms with Gasteiger partial charge in [0.15, 0.2) is 35.7 Å². The molecule has 0 N–H and O–H groups in total. The molecular formula is C22H18NO4+. The van der Waals surface area contributed by atoms with Crippen molar-refractivity contribution in [3.05, 3.63) is 42.1 Å². The van der Waals surface area contributed by atoms with E-state index in [1.54, 1.807) is 14.2 Å². The summed E-state index contributed by atoms with van der Waals surface area (Å²) in [7, 11) is 3.36. The average Bonchev–Trinajstić information content (AvgIpc) is 3.18. The molecule has 2 aliphatic rings. The van der Waals surface area contributed by atoms with E-state index in [0.717, 1.165) is 52.1 Å². The van der Waals surface area contributed by atoms with E-state index < -0.39 is 0 Å². The first-order valence-electron chi connectivity index (χ1n) is 9.05. The average molecular weight is 360 g/mol. The highest BCUT2D eigenvalue weighted by Crippen LogP contribution is 2.46. The lowest BCUT2D eigenvalue weighted by atomic mass is 9.93. The number of benzene rings is 3. The number of methoxy groups -OCH3 is 2. The van der Waals surface area contributed by atoms with E-state index in [0.29, 0.717) is 6.79 Å². The lowest BCUT2D eigenvalue weighted by molar-refractivity contribution is -0.670. The van der Waals surface area contributed by atoms with E-state index in [-0.39, 0.29) is 0 Å². The monoisotopic (exact) mass is 360 g/mol. The maximum Gasteiger partial charge on any atom is 0.231 e. The highest BCUT2D eigenvalue weighted by Gasteiger charge is 2.29. The Kier molecular flexibility index (Phi) is 2.85. The van der Waals surface area contributed by atoms with Gasteiger partial charge in [-0.15, -0.1) is 0 Å². The molecule has 134 valence electrons. The Morgan fingerprint density at radius 2 is 1.78 bits per heavy atom. The number of ether oxygens (including phenoxy) is 4. The fraction of sp³-hybridized carbons (Fsp3) is 0.227. The number of pyridine rings is 1. The van der Waals surface area contributed by atoms with E-state index in [1.165, 1.54) is 21.9 Å². The maximum atomic E-state index is 5.77. The molecule has 0 aliphatic carbocycles. The van der Waals surface area contributed by atoms with Crippen molar-refractivity contribution >= 4 is 32.4 Å². The van der Waals surface area contributed by atoms with Crippen LogP contribution in [-0.4, -0.2) is 21.0 Å². The number of rotatable bonds is 2. The van der Waals surface area contributed by atoms with Crippen molar-refractivity contribution in [3.8, 4) is 23.0 Å². The summed E-state index contributed by atoms with van der Waals surface area (Å²) in [6.07, 6.45) is 3.15. The van der Waals surface area contributed by atoms with E-state index in [2.05, 4.69) is 35.0 Å². The van der Waals surface area contributed by atoms with Gasteiger partial charge in [-0.1, -0.05) is 0 Å². The van der Waals surface area contributed by atoms with Crippen LogP contribution in [0.1, 0.15) is 5.56 Å². The van der Waals surface area contributed by atoms with Crippen molar-refractivity contribution in [1.82, 2.24) is 0 Å². The first-order chi connectivity index (χ1) is 13.3. The predicted octanol–water partition coefficient (Wildman–Crippen LogP) is 3.74. The van der Waals surface area contributed by atoms with Crippen LogP contribution in [0.15, 0.2) is 36.5 Å². The smallest absolute Gasteiger partial charge is 0.231 e. The molecule has 0 unspecified atom stereocenters. The molecule has 4 aromatic rings. The molecule has 0 fully saturated rings. The third kappa shape index (κ3) is 1.81. The second-order valence-electron chi connectivity index (χ2n) is 6.99. The molecular weight excluding hydrogens is 342 g/mol. The lowest BCUT2D eigenvalue weighted by Gasteiger charge is -2.17. The Hall–Kier alpha value is -3.21. The number of hydrogen-bond donors (Lipinski definition) is 0. The Morgan fingerprint density at radius 1 is 0.926 bits per heavy atom. The quantitative estimate of drug-likeness (QED) is 0.403. The molecule has 3 aromatic carbocycles. The third-order valence-electron chi connectivity index (χ3n) is 5.76. The molecule has 0 atom stereocenters. The van der Waals surface area contributed by atoms with Gasteiger partial charge in [-0.25, -0.2) is 0 Å². The summed E-state index contributed by atoms with van der Waals surface area (Å²) in [6, 6.07) is 10.6. The van der Waals surface area contributed by atoms with Gasteiger partial charge in [-0.3, -0.25) is 0 Å². The van der Waals surface area contributed by atoms with Crippen LogP contribution in [0.4, 0.5) is 0 Å². The van der Waals surface area contributed by atoms with Crippen molar-refractivity contribution in [2.24, 2.45) is 0 Å². The zero-order valence-electron chi connectivity index (χ0n) is 15.2. The van der Waals surface area contributed by atoms with Gasteiger partial charge in [0.1, 0.15) is 0 Å². The second kappa shape index (κ2) is 5.16. The van der Waals surface area contributed by atoms with Crippen molar-refractivity contribution in [2.45, 2.75) is 13.0 Å². The zero-order valence-corrected chi connectivity index (χ0v) is 15.2. The summed E-state index contributed by atoms with van der Waals surface area (Å²) >= 11 is 0. The zero-order chi connectivity index (χ0) is 18.1. The molecule has 1 aromatic heterocycles. The van der Waals surface area contributed by atoms with Crippen LogP contribution in [0.5, 0.6) is 23.0 Å². The minimum Gasteiger partial charge on any atom is -0.493 e. The number of aromatic nitrogens is 1. The second-order valence-corrected chi connectivity index (χ2v) is 6.99. The fourth-order valence-corrected chi connectivity index (χ4v) is 4.61. The van der Waals surface area contributed by atoms with Crippen LogP contribution < -0.4 is 23.5 Å². The topological polar surface area (TPSA) is 40.8 Å². The Morgan fingerprint density at radius 3 is 2.63 bits per heavy atom. The lowest BCUT2D eigenvalue weighted by Crippen LogP contribution is -2.38. The van der Waals surface area contributed by atoms with Gasteiger partial charge in [0.05, 0.1) is 30.4 Å². The molecule has 0 radical (unpaired) electrons. The van der Waals surface area contributed by atoms with Gasteiger partial charge < -0.3 is 18.9 Å². The summed E-state index contributed by atoms with van der Waals surface area (Å²) < 4.78 is 24.9. The van der Waals surface area contributed by atoms with E-state index in [1.807, 2.05) is 6.07 Å². The fourth-order valence-electron chi connectivity index (χ4n) is 4.61. The molecule has 27 heavy (non-hydrogen) atoms. The van der Waals surface area contributed by atoms with Crippen LogP contribution >= 0.6 is 0 Å². The van der Waals surface area contributed by atoms with Gasteiger partial charge in [-0.2, -0.15) is 4.57 Å². The van der Waals surface area contributed by atoms with Crippen LogP contribution in [0.2, 0.25) is 0 Å². The molecule has 0 saturated heterocycles. The SMILES string of the molecule is COc1ccc2c(c[n+]3c4c2ccc2c5c(cc(c24)CC3)OCO5)c1OC. The van der Waals surface area contributed by atoms with Crippen LogP contribution in [-0.2, 0) is 13.0 Å². The number of nitrogens with zero attached hydrogens (tertiary/aromatic N) is 1. The van der Waals surface area contributed by atoms with E-state index in [9.17, 15) is 0 Å². The Bertz CT molecular complexity index is 1280.